The van der Waals surface area contributed by atoms with Crippen LogP contribution in [0.2, 0.25) is 0 Å². The number of likely N-dealkylation sites (tertiary alicyclic amines) is 1. The average molecular weight is 256 g/mol. The maximum atomic E-state index is 12.0. The molecule has 0 aromatic carbocycles. The lowest BCUT2D eigenvalue weighted by Crippen LogP contribution is -2.42. The molecule has 0 radical (unpaired) electrons. The Labute approximate surface area is 109 Å². The van der Waals surface area contributed by atoms with Crippen LogP contribution >= 0.6 is 0 Å². The van der Waals surface area contributed by atoms with Gasteiger partial charge in [0.15, 0.2) is 0 Å². The first kappa shape index (κ1) is 15.0. The average Bonchev–Trinajstić information content (AvgIpc) is 2.72. The summed E-state index contributed by atoms with van der Waals surface area (Å²) in [6.45, 7) is 5.07. The fourth-order valence-corrected chi connectivity index (χ4v) is 2.24. The number of hydrogen-bond acceptors (Lipinski definition) is 3. The zero-order valence-electron chi connectivity index (χ0n) is 11.5. The Balaban J connectivity index is 2.48. The zero-order valence-corrected chi connectivity index (χ0v) is 11.5. The minimum atomic E-state index is -0.243. The number of aliphatic hydroxyl groups is 1. The van der Waals surface area contributed by atoms with E-state index in [9.17, 15) is 14.7 Å². The van der Waals surface area contributed by atoms with Gasteiger partial charge in [-0.3, -0.25) is 9.59 Å². The van der Waals surface area contributed by atoms with Gasteiger partial charge in [0.1, 0.15) is 0 Å². The van der Waals surface area contributed by atoms with Crippen LogP contribution in [0.1, 0.15) is 33.1 Å². The number of nitrogens with zero attached hydrogens (tertiary/aromatic N) is 1. The number of amides is 2. The van der Waals surface area contributed by atoms with Crippen LogP contribution in [0.5, 0.6) is 0 Å². The lowest BCUT2D eigenvalue weighted by Gasteiger charge is -2.30. The number of hydrogen-bond donors (Lipinski definition) is 2. The van der Waals surface area contributed by atoms with Crippen LogP contribution in [-0.2, 0) is 9.59 Å². The molecule has 1 unspecified atom stereocenters. The van der Waals surface area contributed by atoms with Gasteiger partial charge in [-0.05, 0) is 12.8 Å². The highest BCUT2D eigenvalue weighted by molar-refractivity contribution is 5.89. The minimum Gasteiger partial charge on any atom is -0.396 e. The van der Waals surface area contributed by atoms with E-state index in [0.717, 1.165) is 12.8 Å². The highest BCUT2D eigenvalue weighted by Crippen LogP contribution is 2.25. The van der Waals surface area contributed by atoms with Crippen molar-refractivity contribution >= 4 is 11.8 Å². The van der Waals surface area contributed by atoms with Gasteiger partial charge in [-0.25, -0.2) is 0 Å². The van der Waals surface area contributed by atoms with Gasteiger partial charge in [0.25, 0.3) is 0 Å². The molecule has 5 nitrogen and oxygen atoms in total. The molecule has 0 spiro atoms. The molecule has 0 saturated carbocycles. The first-order valence-corrected chi connectivity index (χ1v) is 6.60. The van der Waals surface area contributed by atoms with Gasteiger partial charge < -0.3 is 15.3 Å². The molecule has 0 aromatic rings. The second-order valence-corrected chi connectivity index (χ2v) is 5.26. The topological polar surface area (TPSA) is 69.6 Å². The summed E-state index contributed by atoms with van der Waals surface area (Å²) in [6.07, 6.45) is 1.94. The van der Waals surface area contributed by atoms with E-state index in [-0.39, 0.29) is 29.8 Å². The van der Waals surface area contributed by atoms with E-state index in [2.05, 4.69) is 5.32 Å². The van der Waals surface area contributed by atoms with Gasteiger partial charge >= 0.3 is 0 Å². The number of rotatable bonds is 6. The van der Waals surface area contributed by atoms with E-state index in [1.54, 1.807) is 11.9 Å². The third kappa shape index (κ3) is 3.22. The SMILES string of the molecule is CCC(CC)(CO)CNC(=O)C1CC(=O)N(C)C1. The molecule has 1 atom stereocenters. The molecule has 2 N–H and O–H groups in total. The summed E-state index contributed by atoms with van der Waals surface area (Å²) in [7, 11) is 1.71. The van der Waals surface area contributed by atoms with Crippen LogP contribution in [0.15, 0.2) is 0 Å². The predicted molar refractivity (Wildman–Crippen MR) is 68.9 cm³/mol. The van der Waals surface area contributed by atoms with Crippen molar-refractivity contribution in [2.45, 2.75) is 33.1 Å². The van der Waals surface area contributed by atoms with Crippen LogP contribution in [0, 0.1) is 11.3 Å². The van der Waals surface area contributed by atoms with Crippen molar-refractivity contribution in [2.75, 3.05) is 26.7 Å². The van der Waals surface area contributed by atoms with Gasteiger partial charge in [-0.1, -0.05) is 13.8 Å². The normalized spacial score (nSPS) is 20.3. The van der Waals surface area contributed by atoms with Crippen molar-refractivity contribution < 1.29 is 14.7 Å². The fraction of sp³-hybridized carbons (Fsp3) is 0.846. The van der Waals surface area contributed by atoms with E-state index in [0.29, 0.717) is 19.5 Å². The molecule has 0 bridgehead atoms. The molecule has 104 valence electrons. The molecule has 18 heavy (non-hydrogen) atoms. The molecule has 1 rings (SSSR count). The minimum absolute atomic E-state index is 0.0227. The summed E-state index contributed by atoms with van der Waals surface area (Å²) < 4.78 is 0. The van der Waals surface area contributed by atoms with Crippen molar-refractivity contribution in [1.82, 2.24) is 10.2 Å². The van der Waals surface area contributed by atoms with Crippen molar-refractivity contribution in [3.63, 3.8) is 0 Å². The van der Waals surface area contributed by atoms with Crippen LogP contribution in [0.25, 0.3) is 0 Å². The van der Waals surface area contributed by atoms with E-state index in [1.165, 1.54) is 0 Å². The summed E-state index contributed by atoms with van der Waals surface area (Å²) in [5.74, 6) is -0.297. The summed E-state index contributed by atoms with van der Waals surface area (Å²) in [4.78, 5) is 24.9. The molecular weight excluding hydrogens is 232 g/mol. The number of carbonyl (C=O) groups excluding carboxylic acids is 2. The molecule has 1 aliphatic heterocycles. The molecule has 5 heteroatoms. The predicted octanol–water partition coefficient (Wildman–Crippen LogP) is 0.380. The molecular formula is C13H24N2O3. The first-order valence-electron chi connectivity index (χ1n) is 6.60. The Bertz CT molecular complexity index is 305. The molecule has 1 aliphatic rings. The summed E-state index contributed by atoms with van der Waals surface area (Å²) in [6, 6.07) is 0. The third-order valence-corrected chi connectivity index (χ3v) is 4.18. The second-order valence-electron chi connectivity index (χ2n) is 5.26. The third-order valence-electron chi connectivity index (χ3n) is 4.18. The van der Waals surface area contributed by atoms with Crippen LogP contribution in [0.4, 0.5) is 0 Å². The monoisotopic (exact) mass is 256 g/mol. The van der Waals surface area contributed by atoms with Crippen LogP contribution in [-0.4, -0.2) is 48.6 Å². The highest BCUT2D eigenvalue weighted by Gasteiger charge is 2.33. The first-order chi connectivity index (χ1) is 8.48. The highest BCUT2D eigenvalue weighted by atomic mass is 16.3. The Morgan fingerprint density at radius 2 is 2.11 bits per heavy atom. The van der Waals surface area contributed by atoms with E-state index in [1.807, 2.05) is 13.8 Å². The summed E-state index contributed by atoms with van der Waals surface area (Å²) in [5.41, 5.74) is -0.232. The van der Waals surface area contributed by atoms with Gasteiger partial charge in [-0.2, -0.15) is 0 Å². The van der Waals surface area contributed by atoms with Crippen LogP contribution in [0.3, 0.4) is 0 Å². The molecule has 1 heterocycles. The van der Waals surface area contributed by atoms with E-state index >= 15 is 0 Å². The quantitative estimate of drug-likeness (QED) is 0.722. The summed E-state index contributed by atoms with van der Waals surface area (Å²) in [5, 5.41) is 12.3. The Morgan fingerprint density at radius 3 is 2.50 bits per heavy atom. The van der Waals surface area contributed by atoms with Gasteiger partial charge in [0.2, 0.25) is 11.8 Å². The fourth-order valence-electron chi connectivity index (χ4n) is 2.24. The lowest BCUT2D eigenvalue weighted by molar-refractivity contribution is -0.128. The Morgan fingerprint density at radius 1 is 1.50 bits per heavy atom. The Kier molecular flexibility index (Phi) is 5.14. The number of carbonyl (C=O) groups is 2. The smallest absolute Gasteiger partial charge is 0.225 e. The van der Waals surface area contributed by atoms with Gasteiger partial charge in [-0.15, -0.1) is 0 Å². The second kappa shape index (κ2) is 6.18. The van der Waals surface area contributed by atoms with Gasteiger partial charge in [0.05, 0.1) is 12.5 Å². The number of aliphatic hydroxyl groups excluding tert-OH is 1. The molecule has 2 amide bonds. The molecule has 0 aromatic heterocycles. The molecule has 1 saturated heterocycles. The maximum absolute atomic E-state index is 12.0. The number of nitrogens with one attached hydrogen (secondary N) is 1. The summed E-state index contributed by atoms with van der Waals surface area (Å²) >= 11 is 0. The van der Waals surface area contributed by atoms with Crippen LogP contribution < -0.4 is 5.32 Å². The standard InChI is InChI=1S/C13H24N2O3/c1-4-13(5-2,9-16)8-14-12(18)10-6-11(17)15(3)7-10/h10,16H,4-9H2,1-3H3,(H,14,18). The zero-order chi connectivity index (χ0) is 13.8. The maximum Gasteiger partial charge on any atom is 0.225 e. The van der Waals surface area contributed by atoms with Crippen molar-refractivity contribution in [1.29, 1.82) is 0 Å². The Hall–Kier alpha value is -1.10. The molecule has 1 fully saturated rings. The van der Waals surface area contributed by atoms with Crippen molar-refractivity contribution in [3.05, 3.63) is 0 Å². The lowest BCUT2D eigenvalue weighted by atomic mass is 9.83. The van der Waals surface area contributed by atoms with Crippen molar-refractivity contribution in [2.24, 2.45) is 11.3 Å². The van der Waals surface area contributed by atoms with E-state index < -0.39 is 0 Å². The van der Waals surface area contributed by atoms with Crippen molar-refractivity contribution in [3.8, 4) is 0 Å². The van der Waals surface area contributed by atoms with Gasteiger partial charge in [0, 0.05) is 32.0 Å². The molecule has 0 aliphatic carbocycles. The van der Waals surface area contributed by atoms with E-state index in [4.69, 9.17) is 0 Å². The largest absolute Gasteiger partial charge is 0.396 e.